The molecule has 0 saturated heterocycles. The molecule has 0 spiro atoms. The molecular weight excluding hydrogens is 506 g/mol. The maximum absolute atomic E-state index is 5.80. The molecule has 3 rings (SSSR count). The molecule has 0 bridgehead atoms. The maximum atomic E-state index is 5.80. The summed E-state index contributed by atoms with van der Waals surface area (Å²) in [4.78, 5) is 4.95. The van der Waals surface area contributed by atoms with Crippen molar-refractivity contribution in [3.63, 3.8) is 0 Å². The molecule has 21 heavy (non-hydrogen) atoms. The van der Waals surface area contributed by atoms with Crippen LogP contribution in [-0.2, 0) is 20.1 Å². The zero-order valence-electron chi connectivity index (χ0n) is 11.6. The quantitative estimate of drug-likeness (QED) is 0.436. The Morgan fingerprint density at radius 3 is 2.38 bits per heavy atom. The van der Waals surface area contributed by atoms with Crippen LogP contribution in [0.1, 0.15) is 11.1 Å². The normalized spacial score (nSPS) is 10.2. The summed E-state index contributed by atoms with van der Waals surface area (Å²) in [5.74, 6) is 0.787. The van der Waals surface area contributed by atoms with E-state index in [0.717, 1.165) is 22.6 Å². The Labute approximate surface area is 146 Å². The third kappa shape index (κ3) is 3.18. The molecule has 2 nitrogen and oxygen atoms in total. The Kier molecular flexibility index (Phi) is 5.15. The molecule has 2 aromatic carbocycles. The number of hydrogen-bond acceptors (Lipinski definition) is 2. The van der Waals surface area contributed by atoms with Crippen molar-refractivity contribution in [2.45, 2.75) is 13.8 Å². The fourth-order valence-electron chi connectivity index (χ4n) is 2.36. The molecule has 0 saturated carbocycles. The van der Waals surface area contributed by atoms with Crippen LogP contribution in [0.15, 0.2) is 51.7 Å². The molecule has 0 aliphatic heterocycles. The topological polar surface area (TPSA) is 26.0 Å². The van der Waals surface area contributed by atoms with Gasteiger partial charge in [-0.2, -0.15) is 0 Å². The molecule has 109 valence electrons. The summed E-state index contributed by atoms with van der Waals surface area (Å²) in [5.41, 5.74) is 5.18. The third-order valence-electron chi connectivity index (χ3n) is 3.27. The molecule has 0 aliphatic rings. The van der Waals surface area contributed by atoms with Crippen molar-refractivity contribution >= 4 is 15.9 Å². The van der Waals surface area contributed by atoms with E-state index in [9.17, 15) is 0 Å². The van der Waals surface area contributed by atoms with E-state index in [1.165, 1.54) is 11.1 Å². The Bertz CT molecular complexity index is 732. The van der Waals surface area contributed by atoms with Gasteiger partial charge in [-0.05, 0) is 25.0 Å². The fourth-order valence-corrected chi connectivity index (χ4v) is 2.70. The predicted molar refractivity (Wildman–Crippen MR) is 83.4 cm³/mol. The van der Waals surface area contributed by atoms with Gasteiger partial charge >= 0.3 is 0 Å². The number of aryl methyl sites for hydroxylation is 2. The SMILES string of the molecule is Cc1cccc(C)c1-c1oc(Br)nc1-c1[c-]cccc1.[Ir]. The zero-order chi connectivity index (χ0) is 14.1. The molecular formula is C17H13BrIrNO-. The van der Waals surface area contributed by atoms with Gasteiger partial charge in [-0.3, -0.25) is 4.98 Å². The average Bonchev–Trinajstić information content (AvgIpc) is 2.81. The molecule has 0 aliphatic carbocycles. The molecule has 0 amide bonds. The van der Waals surface area contributed by atoms with Gasteiger partial charge in [-0.15, -0.1) is 35.9 Å². The van der Waals surface area contributed by atoms with Gasteiger partial charge in [-0.1, -0.05) is 18.2 Å². The van der Waals surface area contributed by atoms with E-state index in [0.29, 0.717) is 4.80 Å². The second kappa shape index (κ2) is 6.69. The number of nitrogens with zero attached hydrogens (tertiary/aromatic N) is 1. The molecule has 0 atom stereocenters. The first-order valence-corrected chi connectivity index (χ1v) is 7.16. The molecule has 1 radical (unpaired) electrons. The number of oxazole rings is 1. The van der Waals surface area contributed by atoms with Crippen LogP contribution in [0.2, 0.25) is 0 Å². The molecule has 3 aromatic rings. The Morgan fingerprint density at radius 1 is 1.05 bits per heavy atom. The van der Waals surface area contributed by atoms with Gasteiger partial charge in [-0.25, -0.2) is 0 Å². The van der Waals surface area contributed by atoms with E-state index >= 15 is 0 Å². The van der Waals surface area contributed by atoms with Crippen molar-refractivity contribution in [3.05, 3.63) is 64.5 Å². The Morgan fingerprint density at radius 2 is 1.76 bits per heavy atom. The first-order valence-electron chi connectivity index (χ1n) is 6.37. The molecule has 0 unspecified atom stereocenters. The number of halogens is 1. The van der Waals surface area contributed by atoms with Crippen LogP contribution >= 0.6 is 15.9 Å². The van der Waals surface area contributed by atoms with Crippen LogP contribution in [0.4, 0.5) is 0 Å². The largest absolute Gasteiger partial charge is 0.441 e. The minimum Gasteiger partial charge on any atom is -0.441 e. The Balaban J connectivity index is 0.00000161. The summed E-state index contributed by atoms with van der Waals surface area (Å²) in [6.07, 6.45) is 0. The van der Waals surface area contributed by atoms with Gasteiger partial charge in [0, 0.05) is 47.3 Å². The van der Waals surface area contributed by atoms with E-state index in [2.05, 4.69) is 53.0 Å². The van der Waals surface area contributed by atoms with Crippen LogP contribution in [-0.4, -0.2) is 4.98 Å². The number of aromatic nitrogens is 1. The summed E-state index contributed by atoms with van der Waals surface area (Å²) in [5, 5.41) is 0. The van der Waals surface area contributed by atoms with E-state index in [4.69, 9.17) is 4.42 Å². The minimum atomic E-state index is 0. The van der Waals surface area contributed by atoms with Gasteiger partial charge in [0.05, 0.1) is 0 Å². The van der Waals surface area contributed by atoms with Crippen molar-refractivity contribution in [3.8, 4) is 22.6 Å². The standard InChI is InChI=1S/C17H13BrNO.Ir/c1-11-7-6-8-12(2)14(11)16-15(19-17(18)20-16)13-9-4-3-5-10-13;/h3-9H,1-2H3;/q-1;. The molecule has 1 aromatic heterocycles. The molecule has 0 N–H and O–H groups in total. The number of hydrogen-bond donors (Lipinski definition) is 0. The van der Waals surface area contributed by atoms with Crippen LogP contribution in [0, 0.1) is 19.9 Å². The molecule has 4 heteroatoms. The maximum Gasteiger partial charge on any atom is 0.254 e. The van der Waals surface area contributed by atoms with Crippen LogP contribution < -0.4 is 0 Å². The van der Waals surface area contributed by atoms with Crippen molar-refractivity contribution in [2.75, 3.05) is 0 Å². The zero-order valence-corrected chi connectivity index (χ0v) is 15.6. The van der Waals surface area contributed by atoms with Crippen molar-refractivity contribution in [1.29, 1.82) is 0 Å². The van der Waals surface area contributed by atoms with Gasteiger partial charge in [0.1, 0.15) is 5.76 Å². The van der Waals surface area contributed by atoms with E-state index < -0.39 is 0 Å². The van der Waals surface area contributed by atoms with Crippen molar-refractivity contribution in [2.24, 2.45) is 0 Å². The summed E-state index contributed by atoms with van der Waals surface area (Å²) < 4.78 is 5.80. The van der Waals surface area contributed by atoms with Gasteiger partial charge in [0.2, 0.25) is 0 Å². The van der Waals surface area contributed by atoms with Gasteiger partial charge in [0.25, 0.3) is 4.80 Å². The average molecular weight is 519 g/mol. The van der Waals surface area contributed by atoms with Crippen molar-refractivity contribution in [1.82, 2.24) is 4.98 Å². The number of benzene rings is 2. The van der Waals surface area contributed by atoms with Crippen LogP contribution in [0.5, 0.6) is 0 Å². The summed E-state index contributed by atoms with van der Waals surface area (Å²) >= 11 is 3.34. The van der Waals surface area contributed by atoms with Crippen LogP contribution in [0.3, 0.4) is 0 Å². The van der Waals surface area contributed by atoms with Crippen LogP contribution in [0.25, 0.3) is 22.6 Å². The van der Waals surface area contributed by atoms with Gasteiger partial charge < -0.3 is 4.42 Å². The molecule has 1 heterocycles. The van der Waals surface area contributed by atoms with Gasteiger partial charge in [0.15, 0.2) is 0 Å². The van der Waals surface area contributed by atoms with Crippen molar-refractivity contribution < 1.29 is 24.5 Å². The Hall–Kier alpha value is -1.22. The van der Waals surface area contributed by atoms with E-state index in [1.54, 1.807) is 0 Å². The smallest absolute Gasteiger partial charge is 0.254 e. The summed E-state index contributed by atoms with van der Waals surface area (Å²) in [6.45, 7) is 4.16. The third-order valence-corrected chi connectivity index (χ3v) is 3.61. The van der Waals surface area contributed by atoms with E-state index in [1.807, 2.05) is 30.3 Å². The fraction of sp³-hybridized carbons (Fsp3) is 0.118. The monoisotopic (exact) mass is 519 g/mol. The van der Waals surface area contributed by atoms with E-state index in [-0.39, 0.29) is 20.1 Å². The first-order chi connectivity index (χ1) is 9.66. The predicted octanol–water partition coefficient (Wildman–Crippen LogP) is 5.19. The molecule has 0 fully saturated rings. The first kappa shape index (κ1) is 16.2. The summed E-state index contributed by atoms with van der Waals surface area (Å²) in [7, 11) is 0. The number of rotatable bonds is 2. The second-order valence-corrected chi connectivity index (χ2v) is 5.37. The second-order valence-electron chi connectivity index (χ2n) is 4.69. The minimum absolute atomic E-state index is 0. The summed E-state index contributed by atoms with van der Waals surface area (Å²) in [6, 6.07) is 17.2.